The Labute approximate surface area is 104 Å². The van der Waals surface area contributed by atoms with E-state index in [0.29, 0.717) is 11.2 Å². The minimum atomic E-state index is 0.301. The number of hydrogen-bond acceptors (Lipinski definition) is 3. The van der Waals surface area contributed by atoms with Crippen LogP contribution in [0.1, 0.15) is 32.6 Å². The first-order chi connectivity index (χ1) is 7.67. The van der Waals surface area contributed by atoms with Crippen molar-refractivity contribution in [1.29, 1.82) is 5.26 Å². The van der Waals surface area contributed by atoms with E-state index in [9.17, 15) is 0 Å². The van der Waals surface area contributed by atoms with Crippen molar-refractivity contribution < 1.29 is 0 Å². The normalized spacial score (nSPS) is 30.3. The average molecular weight is 240 g/mol. The summed E-state index contributed by atoms with van der Waals surface area (Å²) in [4.78, 5) is 2.22. The second-order valence-corrected chi connectivity index (χ2v) is 6.38. The Bertz CT molecular complexity index is 235. The largest absolute Gasteiger partial charge is 0.309 e. The second-order valence-electron chi connectivity index (χ2n) is 5.04. The van der Waals surface area contributed by atoms with Crippen LogP contribution in [0, 0.1) is 23.2 Å². The molecule has 0 aliphatic heterocycles. The van der Waals surface area contributed by atoms with E-state index < -0.39 is 0 Å². The van der Waals surface area contributed by atoms with Crippen LogP contribution in [-0.4, -0.2) is 36.5 Å². The van der Waals surface area contributed by atoms with Crippen LogP contribution in [0.15, 0.2) is 0 Å². The Morgan fingerprint density at radius 1 is 1.38 bits per heavy atom. The molecule has 16 heavy (non-hydrogen) atoms. The molecule has 1 aliphatic rings. The molecule has 3 atom stereocenters. The van der Waals surface area contributed by atoms with Crippen LogP contribution < -0.4 is 0 Å². The van der Waals surface area contributed by atoms with Crippen LogP contribution in [0.4, 0.5) is 0 Å². The fourth-order valence-corrected chi connectivity index (χ4v) is 3.91. The topological polar surface area (TPSA) is 27.0 Å². The van der Waals surface area contributed by atoms with Crippen molar-refractivity contribution in [3.8, 4) is 6.07 Å². The molecule has 0 bridgehead atoms. The van der Waals surface area contributed by atoms with E-state index in [-0.39, 0.29) is 0 Å². The highest BCUT2D eigenvalue weighted by Crippen LogP contribution is 2.37. The van der Waals surface area contributed by atoms with Gasteiger partial charge < -0.3 is 4.90 Å². The summed E-state index contributed by atoms with van der Waals surface area (Å²) in [5.74, 6) is 2.32. The molecule has 3 heteroatoms. The summed E-state index contributed by atoms with van der Waals surface area (Å²) >= 11 is 2.01. The van der Waals surface area contributed by atoms with E-state index in [4.69, 9.17) is 5.26 Å². The van der Waals surface area contributed by atoms with Gasteiger partial charge in [0.05, 0.1) is 12.0 Å². The van der Waals surface area contributed by atoms with Crippen LogP contribution in [0.3, 0.4) is 0 Å². The summed E-state index contributed by atoms with van der Waals surface area (Å²) < 4.78 is 0. The molecule has 0 amide bonds. The second kappa shape index (κ2) is 7.19. The van der Waals surface area contributed by atoms with Crippen molar-refractivity contribution in [1.82, 2.24) is 4.90 Å². The van der Waals surface area contributed by atoms with Gasteiger partial charge in [-0.15, -0.1) is 0 Å². The van der Waals surface area contributed by atoms with Crippen LogP contribution in [0.2, 0.25) is 0 Å². The zero-order valence-corrected chi connectivity index (χ0v) is 11.6. The van der Waals surface area contributed by atoms with Gasteiger partial charge in [0, 0.05) is 17.5 Å². The molecule has 1 rings (SSSR count). The fraction of sp³-hybridized carbons (Fsp3) is 0.923. The zero-order chi connectivity index (χ0) is 12.0. The lowest BCUT2D eigenvalue weighted by Crippen LogP contribution is -2.27. The highest BCUT2D eigenvalue weighted by molar-refractivity contribution is 7.99. The Morgan fingerprint density at radius 2 is 2.12 bits per heavy atom. The maximum atomic E-state index is 9.16. The van der Waals surface area contributed by atoms with Crippen molar-refractivity contribution in [2.45, 2.75) is 37.9 Å². The van der Waals surface area contributed by atoms with Gasteiger partial charge in [0.2, 0.25) is 0 Å². The van der Waals surface area contributed by atoms with Crippen molar-refractivity contribution >= 4 is 11.8 Å². The molecule has 3 unspecified atom stereocenters. The van der Waals surface area contributed by atoms with Crippen LogP contribution >= 0.6 is 11.8 Å². The van der Waals surface area contributed by atoms with Gasteiger partial charge in [-0.05, 0) is 39.3 Å². The first kappa shape index (κ1) is 13.9. The molecule has 0 saturated heterocycles. The molecule has 1 saturated carbocycles. The monoisotopic (exact) mass is 240 g/mol. The zero-order valence-electron chi connectivity index (χ0n) is 10.8. The van der Waals surface area contributed by atoms with Gasteiger partial charge in [-0.1, -0.05) is 13.3 Å². The molecule has 0 N–H and O–H groups in total. The number of nitrogens with zero attached hydrogens (tertiary/aromatic N) is 2. The van der Waals surface area contributed by atoms with Gasteiger partial charge in [-0.25, -0.2) is 0 Å². The van der Waals surface area contributed by atoms with Crippen LogP contribution in [0.25, 0.3) is 0 Å². The third-order valence-electron chi connectivity index (χ3n) is 3.51. The highest BCUT2D eigenvalue weighted by atomic mass is 32.2. The van der Waals surface area contributed by atoms with Crippen molar-refractivity contribution in [3.63, 3.8) is 0 Å². The van der Waals surface area contributed by atoms with E-state index in [1.165, 1.54) is 19.3 Å². The molecule has 0 spiro atoms. The Morgan fingerprint density at radius 3 is 2.69 bits per heavy atom. The standard InChI is InChI=1S/C13H24N2S/c1-4-11-5-6-12(10-14)13(9-11)16-8-7-15(2)3/h11-13H,4-9H2,1-3H3. The smallest absolute Gasteiger partial charge is 0.0667 e. The molecule has 0 aromatic heterocycles. The summed E-state index contributed by atoms with van der Waals surface area (Å²) in [6.45, 7) is 3.40. The summed E-state index contributed by atoms with van der Waals surface area (Å²) in [5.41, 5.74) is 0. The summed E-state index contributed by atoms with van der Waals surface area (Å²) in [5, 5.41) is 9.74. The van der Waals surface area contributed by atoms with Crippen molar-refractivity contribution in [2.75, 3.05) is 26.4 Å². The van der Waals surface area contributed by atoms with Gasteiger partial charge in [0.15, 0.2) is 0 Å². The molecule has 1 aliphatic carbocycles. The SMILES string of the molecule is CCC1CCC(C#N)C(SCCN(C)C)C1. The lowest BCUT2D eigenvalue weighted by molar-refractivity contribution is 0.316. The van der Waals surface area contributed by atoms with E-state index in [1.54, 1.807) is 0 Å². The Kier molecular flexibility index (Phi) is 6.23. The van der Waals surface area contributed by atoms with Gasteiger partial charge in [0.1, 0.15) is 0 Å². The number of thioether (sulfide) groups is 1. The molecule has 1 fully saturated rings. The quantitative estimate of drug-likeness (QED) is 0.739. The minimum Gasteiger partial charge on any atom is -0.309 e. The lowest BCUT2D eigenvalue weighted by Gasteiger charge is -2.32. The van der Waals surface area contributed by atoms with E-state index in [0.717, 1.165) is 24.6 Å². The molecular formula is C13H24N2S. The molecule has 2 nitrogen and oxygen atoms in total. The molecule has 92 valence electrons. The third-order valence-corrected chi connectivity index (χ3v) is 4.88. The highest BCUT2D eigenvalue weighted by Gasteiger charge is 2.29. The number of rotatable bonds is 5. The van der Waals surface area contributed by atoms with E-state index >= 15 is 0 Å². The lowest BCUT2D eigenvalue weighted by atomic mass is 9.81. The minimum absolute atomic E-state index is 0.301. The van der Waals surface area contributed by atoms with Gasteiger partial charge in [0.25, 0.3) is 0 Å². The molecular weight excluding hydrogens is 216 g/mol. The van der Waals surface area contributed by atoms with E-state index in [2.05, 4.69) is 32.0 Å². The summed E-state index contributed by atoms with van der Waals surface area (Å²) in [6, 6.07) is 2.50. The fourth-order valence-electron chi connectivity index (χ4n) is 2.30. The number of hydrogen-bond donors (Lipinski definition) is 0. The van der Waals surface area contributed by atoms with Crippen molar-refractivity contribution in [2.24, 2.45) is 11.8 Å². The molecule has 0 heterocycles. The predicted octanol–water partition coefficient (Wildman–Crippen LogP) is 3.00. The van der Waals surface area contributed by atoms with Gasteiger partial charge in [-0.3, -0.25) is 0 Å². The maximum absolute atomic E-state index is 9.16. The Hall–Kier alpha value is -0.200. The first-order valence-corrected chi connectivity index (χ1v) is 7.38. The summed E-state index contributed by atoms with van der Waals surface area (Å²) in [6.07, 6.45) is 4.92. The maximum Gasteiger partial charge on any atom is 0.0667 e. The molecule has 0 aromatic rings. The summed E-state index contributed by atoms with van der Waals surface area (Å²) in [7, 11) is 4.22. The average Bonchev–Trinajstić information content (AvgIpc) is 2.28. The third kappa shape index (κ3) is 4.35. The van der Waals surface area contributed by atoms with Crippen LogP contribution in [0.5, 0.6) is 0 Å². The van der Waals surface area contributed by atoms with E-state index in [1.807, 2.05) is 11.8 Å². The van der Waals surface area contributed by atoms with Crippen LogP contribution in [-0.2, 0) is 0 Å². The van der Waals surface area contributed by atoms with Gasteiger partial charge >= 0.3 is 0 Å². The predicted molar refractivity (Wildman–Crippen MR) is 71.5 cm³/mol. The Balaban J connectivity index is 2.37. The first-order valence-electron chi connectivity index (χ1n) is 6.33. The van der Waals surface area contributed by atoms with Crippen molar-refractivity contribution in [3.05, 3.63) is 0 Å². The number of nitriles is 1. The van der Waals surface area contributed by atoms with Gasteiger partial charge in [-0.2, -0.15) is 17.0 Å². The molecule has 0 radical (unpaired) electrons. The molecule has 0 aromatic carbocycles.